The lowest BCUT2D eigenvalue weighted by Gasteiger charge is -2.02. The quantitative estimate of drug-likeness (QED) is 0.627. The summed E-state index contributed by atoms with van der Waals surface area (Å²) >= 11 is 2.85. The molecule has 1 N–H and O–H groups in total. The number of aryl methyl sites for hydroxylation is 1. The van der Waals surface area contributed by atoms with Crippen molar-refractivity contribution < 1.29 is 14.3 Å². The van der Waals surface area contributed by atoms with Crippen molar-refractivity contribution >= 4 is 35.0 Å². The standard InChI is InChI=1S/C9H12N2O3S2/c1-6-4-15-9(11-6)16-5-7(12)10-3-8(13)14-2/h4H,3,5H2,1-2H3,(H,10,12). The van der Waals surface area contributed by atoms with Gasteiger partial charge in [-0.05, 0) is 6.92 Å². The van der Waals surface area contributed by atoms with E-state index in [1.54, 1.807) is 0 Å². The number of nitrogens with zero attached hydrogens (tertiary/aromatic N) is 1. The van der Waals surface area contributed by atoms with Crippen LogP contribution in [0.25, 0.3) is 0 Å². The maximum Gasteiger partial charge on any atom is 0.325 e. The highest BCUT2D eigenvalue weighted by Crippen LogP contribution is 2.21. The Hall–Kier alpha value is -1.08. The van der Waals surface area contributed by atoms with Crippen molar-refractivity contribution in [1.82, 2.24) is 10.3 Å². The van der Waals surface area contributed by atoms with Crippen LogP contribution in [0.15, 0.2) is 9.72 Å². The Morgan fingerprint density at radius 1 is 1.62 bits per heavy atom. The first kappa shape index (κ1) is 13.0. The molecule has 0 saturated carbocycles. The van der Waals surface area contributed by atoms with Gasteiger partial charge in [-0.25, -0.2) is 4.98 Å². The van der Waals surface area contributed by atoms with Gasteiger partial charge in [0, 0.05) is 11.1 Å². The lowest BCUT2D eigenvalue weighted by Crippen LogP contribution is -2.31. The summed E-state index contributed by atoms with van der Waals surface area (Å²) in [6.45, 7) is 1.81. The maximum atomic E-state index is 11.3. The fraction of sp³-hybridized carbons (Fsp3) is 0.444. The average Bonchev–Trinajstić information content (AvgIpc) is 2.69. The smallest absolute Gasteiger partial charge is 0.325 e. The minimum atomic E-state index is -0.455. The van der Waals surface area contributed by atoms with Crippen LogP contribution in [0.1, 0.15) is 5.69 Å². The summed E-state index contributed by atoms with van der Waals surface area (Å²) in [4.78, 5) is 26.2. The van der Waals surface area contributed by atoms with Crippen molar-refractivity contribution in [2.24, 2.45) is 0 Å². The molecule has 0 spiro atoms. The summed E-state index contributed by atoms with van der Waals surface area (Å²) in [5, 5.41) is 4.38. The molecular weight excluding hydrogens is 248 g/mol. The van der Waals surface area contributed by atoms with E-state index in [0.717, 1.165) is 10.0 Å². The zero-order valence-electron chi connectivity index (χ0n) is 8.98. The van der Waals surface area contributed by atoms with Crippen molar-refractivity contribution in [3.63, 3.8) is 0 Å². The normalized spacial score (nSPS) is 9.88. The van der Waals surface area contributed by atoms with Crippen molar-refractivity contribution in [1.29, 1.82) is 0 Å². The molecule has 88 valence electrons. The first-order chi connectivity index (χ1) is 7.61. The van der Waals surface area contributed by atoms with Crippen molar-refractivity contribution in [2.45, 2.75) is 11.3 Å². The van der Waals surface area contributed by atoms with Crippen LogP contribution in [-0.4, -0.2) is 36.3 Å². The van der Waals surface area contributed by atoms with E-state index in [2.05, 4.69) is 15.0 Å². The van der Waals surface area contributed by atoms with Crippen molar-refractivity contribution in [3.8, 4) is 0 Å². The largest absolute Gasteiger partial charge is 0.468 e. The minimum absolute atomic E-state index is 0.0905. The highest BCUT2D eigenvalue weighted by Gasteiger charge is 2.07. The van der Waals surface area contributed by atoms with Crippen LogP contribution in [0.3, 0.4) is 0 Å². The molecule has 0 unspecified atom stereocenters. The molecule has 0 aliphatic heterocycles. The molecule has 0 aromatic carbocycles. The van der Waals surface area contributed by atoms with Crippen LogP contribution in [0, 0.1) is 6.92 Å². The number of rotatable bonds is 5. The molecule has 7 heteroatoms. The highest BCUT2D eigenvalue weighted by atomic mass is 32.2. The van der Waals surface area contributed by atoms with Gasteiger partial charge in [-0.3, -0.25) is 9.59 Å². The summed E-state index contributed by atoms with van der Waals surface area (Å²) < 4.78 is 5.25. The Balaban J connectivity index is 2.22. The van der Waals surface area contributed by atoms with Gasteiger partial charge >= 0.3 is 5.97 Å². The third-order valence-corrected chi connectivity index (χ3v) is 3.72. The summed E-state index contributed by atoms with van der Waals surface area (Å²) in [6, 6.07) is 0. The Bertz CT molecular complexity index is 379. The second kappa shape index (κ2) is 6.49. The molecule has 0 aliphatic carbocycles. The minimum Gasteiger partial charge on any atom is -0.468 e. The molecule has 0 atom stereocenters. The van der Waals surface area contributed by atoms with E-state index in [1.165, 1.54) is 30.2 Å². The van der Waals surface area contributed by atoms with Crippen molar-refractivity contribution in [2.75, 3.05) is 19.4 Å². The zero-order valence-corrected chi connectivity index (χ0v) is 10.6. The second-order valence-corrected chi connectivity index (χ2v) is 4.98. The number of carbonyl (C=O) groups is 2. The van der Waals surface area contributed by atoms with Crippen LogP contribution in [-0.2, 0) is 14.3 Å². The third-order valence-electron chi connectivity index (χ3n) is 1.58. The van der Waals surface area contributed by atoms with E-state index in [1.807, 2.05) is 12.3 Å². The first-order valence-corrected chi connectivity index (χ1v) is 6.37. The highest BCUT2D eigenvalue weighted by molar-refractivity contribution is 8.01. The summed E-state index contributed by atoms with van der Waals surface area (Å²) in [5.41, 5.74) is 0.947. The molecule has 1 aromatic rings. The van der Waals surface area contributed by atoms with Gasteiger partial charge in [0.1, 0.15) is 6.54 Å². The van der Waals surface area contributed by atoms with Gasteiger partial charge in [-0.2, -0.15) is 0 Å². The van der Waals surface area contributed by atoms with Gasteiger partial charge in [0.2, 0.25) is 5.91 Å². The Labute approximate surface area is 102 Å². The average molecular weight is 260 g/mol. The Morgan fingerprint density at radius 2 is 2.38 bits per heavy atom. The molecule has 1 amide bonds. The number of nitrogens with one attached hydrogen (secondary N) is 1. The molecule has 0 bridgehead atoms. The number of amides is 1. The van der Waals surface area contributed by atoms with Crippen LogP contribution in [0.5, 0.6) is 0 Å². The first-order valence-electron chi connectivity index (χ1n) is 4.50. The van der Waals surface area contributed by atoms with Gasteiger partial charge in [-0.15, -0.1) is 11.3 Å². The van der Waals surface area contributed by atoms with Crippen LogP contribution >= 0.6 is 23.1 Å². The topological polar surface area (TPSA) is 68.3 Å². The fourth-order valence-corrected chi connectivity index (χ4v) is 2.50. The second-order valence-electron chi connectivity index (χ2n) is 2.90. The van der Waals surface area contributed by atoms with Gasteiger partial charge in [0.15, 0.2) is 4.34 Å². The lowest BCUT2D eigenvalue weighted by molar-refractivity contribution is -0.140. The van der Waals surface area contributed by atoms with Gasteiger partial charge in [-0.1, -0.05) is 11.8 Å². The zero-order chi connectivity index (χ0) is 12.0. The number of hydrogen-bond acceptors (Lipinski definition) is 6. The monoisotopic (exact) mass is 260 g/mol. The molecule has 1 rings (SSSR count). The molecule has 0 fully saturated rings. The van der Waals surface area contributed by atoms with Gasteiger partial charge in [0.25, 0.3) is 0 Å². The third kappa shape index (κ3) is 4.63. The maximum absolute atomic E-state index is 11.3. The van der Waals surface area contributed by atoms with Crippen LogP contribution in [0.4, 0.5) is 0 Å². The van der Waals surface area contributed by atoms with Crippen LogP contribution < -0.4 is 5.32 Å². The summed E-state index contributed by atoms with van der Waals surface area (Å²) in [7, 11) is 1.28. The molecule has 0 saturated heterocycles. The molecule has 5 nitrogen and oxygen atoms in total. The number of methoxy groups -OCH3 is 1. The molecular formula is C9H12N2O3S2. The van der Waals surface area contributed by atoms with E-state index >= 15 is 0 Å². The molecule has 16 heavy (non-hydrogen) atoms. The predicted molar refractivity (Wildman–Crippen MR) is 62.6 cm³/mol. The molecule has 0 radical (unpaired) electrons. The van der Waals surface area contributed by atoms with Gasteiger partial charge < -0.3 is 10.1 Å². The number of thioether (sulfide) groups is 1. The van der Waals surface area contributed by atoms with E-state index in [4.69, 9.17) is 0 Å². The Kier molecular flexibility index (Phi) is 5.27. The van der Waals surface area contributed by atoms with Crippen LogP contribution in [0.2, 0.25) is 0 Å². The number of ether oxygens (including phenoxy) is 1. The fourth-order valence-electron chi connectivity index (χ4n) is 0.820. The van der Waals surface area contributed by atoms with E-state index in [0.29, 0.717) is 0 Å². The van der Waals surface area contributed by atoms with Crippen molar-refractivity contribution in [3.05, 3.63) is 11.1 Å². The summed E-state index contributed by atoms with van der Waals surface area (Å²) in [5.74, 6) is -0.407. The number of carbonyl (C=O) groups excluding carboxylic acids is 2. The van der Waals surface area contributed by atoms with E-state index < -0.39 is 5.97 Å². The van der Waals surface area contributed by atoms with E-state index in [9.17, 15) is 9.59 Å². The van der Waals surface area contributed by atoms with E-state index in [-0.39, 0.29) is 18.2 Å². The number of hydrogen-bond donors (Lipinski definition) is 1. The number of esters is 1. The lowest BCUT2D eigenvalue weighted by atomic mass is 10.6. The number of thiazole rings is 1. The molecule has 1 aromatic heterocycles. The molecule has 1 heterocycles. The summed E-state index contributed by atoms with van der Waals surface area (Å²) in [6.07, 6.45) is 0. The SMILES string of the molecule is COC(=O)CNC(=O)CSc1nc(C)cs1. The number of aromatic nitrogens is 1. The Morgan fingerprint density at radius 3 is 2.94 bits per heavy atom. The molecule has 0 aliphatic rings. The predicted octanol–water partition coefficient (Wildman–Crippen LogP) is 0.833. The van der Waals surface area contributed by atoms with Gasteiger partial charge in [0.05, 0.1) is 12.9 Å².